The van der Waals surface area contributed by atoms with Crippen molar-refractivity contribution in [1.29, 1.82) is 0 Å². The Morgan fingerprint density at radius 1 is 0.800 bits per heavy atom. The maximum atomic E-state index is 6.36. The van der Waals surface area contributed by atoms with Gasteiger partial charge in [0.25, 0.3) is 0 Å². The molecule has 3 nitrogen and oxygen atoms in total. The van der Waals surface area contributed by atoms with Gasteiger partial charge in [-0.15, -0.1) is 0 Å². The number of rotatable bonds is 12. The lowest BCUT2D eigenvalue weighted by Crippen LogP contribution is -2.48. The first-order valence-corrected chi connectivity index (χ1v) is 10.5. The fourth-order valence-corrected chi connectivity index (χ4v) is 3.75. The molecule has 1 aliphatic rings. The molecule has 0 aliphatic carbocycles. The van der Waals surface area contributed by atoms with Crippen LogP contribution in [0.4, 0.5) is 0 Å². The van der Waals surface area contributed by atoms with E-state index >= 15 is 0 Å². The standard InChI is InChI=1S/C22H39N3/c1-2-3-4-5-6-7-8-12-15-24-16-18-25(19-17-24)20-22(23)21-13-10-9-11-14-21/h9-11,13-14,22H,2-8,12,15-20,23H2,1H3. The molecule has 3 heteroatoms. The van der Waals surface area contributed by atoms with Crippen LogP contribution >= 0.6 is 0 Å². The van der Waals surface area contributed by atoms with Crippen molar-refractivity contribution < 1.29 is 0 Å². The monoisotopic (exact) mass is 345 g/mol. The second-order valence-electron chi connectivity index (χ2n) is 7.63. The molecule has 0 saturated carbocycles. The first-order chi connectivity index (χ1) is 12.3. The Labute approximate surface area is 155 Å². The lowest BCUT2D eigenvalue weighted by molar-refractivity contribution is 0.125. The van der Waals surface area contributed by atoms with Crippen LogP contribution in [0, 0.1) is 0 Å². The molecular formula is C22H39N3. The van der Waals surface area contributed by atoms with Crippen molar-refractivity contribution in [3.63, 3.8) is 0 Å². The first kappa shape index (κ1) is 20.4. The van der Waals surface area contributed by atoms with Gasteiger partial charge in [0.15, 0.2) is 0 Å². The van der Waals surface area contributed by atoms with Crippen LogP contribution in [0.5, 0.6) is 0 Å². The SMILES string of the molecule is CCCCCCCCCCN1CCN(CC(N)c2ccccc2)CC1. The van der Waals surface area contributed by atoms with E-state index < -0.39 is 0 Å². The first-order valence-electron chi connectivity index (χ1n) is 10.5. The van der Waals surface area contributed by atoms with Crippen LogP contribution in [0.2, 0.25) is 0 Å². The third-order valence-corrected chi connectivity index (χ3v) is 5.48. The number of unbranched alkanes of at least 4 members (excludes halogenated alkanes) is 7. The summed E-state index contributed by atoms with van der Waals surface area (Å²) < 4.78 is 0. The third-order valence-electron chi connectivity index (χ3n) is 5.48. The molecule has 1 aromatic carbocycles. The van der Waals surface area contributed by atoms with Crippen molar-refractivity contribution in [2.24, 2.45) is 5.73 Å². The lowest BCUT2D eigenvalue weighted by Gasteiger charge is -2.36. The predicted octanol–water partition coefficient (Wildman–Crippen LogP) is 4.44. The molecule has 0 bridgehead atoms. The van der Waals surface area contributed by atoms with Gasteiger partial charge in [0.1, 0.15) is 0 Å². The number of nitrogens with two attached hydrogens (primary N) is 1. The van der Waals surface area contributed by atoms with Crippen molar-refractivity contribution in [2.75, 3.05) is 39.3 Å². The summed E-state index contributed by atoms with van der Waals surface area (Å²) in [4.78, 5) is 5.17. The van der Waals surface area contributed by atoms with Gasteiger partial charge in [-0.05, 0) is 18.5 Å². The van der Waals surface area contributed by atoms with Gasteiger partial charge in [0.2, 0.25) is 0 Å². The number of benzene rings is 1. The van der Waals surface area contributed by atoms with Gasteiger partial charge in [0.05, 0.1) is 0 Å². The maximum Gasteiger partial charge on any atom is 0.0424 e. The average molecular weight is 346 g/mol. The Balaban J connectivity index is 1.50. The minimum absolute atomic E-state index is 0.139. The molecule has 1 heterocycles. The highest BCUT2D eigenvalue weighted by Crippen LogP contribution is 2.14. The van der Waals surface area contributed by atoms with Crippen LogP contribution in [-0.2, 0) is 0 Å². The number of piperazine rings is 1. The minimum atomic E-state index is 0.139. The van der Waals surface area contributed by atoms with Gasteiger partial charge in [-0.2, -0.15) is 0 Å². The Hall–Kier alpha value is -0.900. The summed E-state index contributed by atoms with van der Waals surface area (Å²) in [6.07, 6.45) is 11.3. The molecule has 1 unspecified atom stereocenters. The second kappa shape index (κ2) is 12.5. The van der Waals surface area contributed by atoms with Gasteiger partial charge >= 0.3 is 0 Å². The molecule has 1 aliphatic heterocycles. The van der Waals surface area contributed by atoms with Crippen LogP contribution in [0.3, 0.4) is 0 Å². The normalized spacial score (nSPS) is 17.7. The van der Waals surface area contributed by atoms with E-state index in [9.17, 15) is 0 Å². The van der Waals surface area contributed by atoms with E-state index in [1.54, 1.807) is 0 Å². The molecule has 1 aromatic rings. The number of hydrogen-bond donors (Lipinski definition) is 1. The van der Waals surface area contributed by atoms with Gasteiger partial charge < -0.3 is 10.6 Å². The summed E-state index contributed by atoms with van der Waals surface area (Å²) >= 11 is 0. The summed E-state index contributed by atoms with van der Waals surface area (Å²) in [7, 11) is 0. The van der Waals surface area contributed by atoms with E-state index in [4.69, 9.17) is 5.73 Å². The summed E-state index contributed by atoms with van der Waals surface area (Å²) in [5.41, 5.74) is 7.62. The Kier molecular flexibility index (Phi) is 10.2. The van der Waals surface area contributed by atoms with Crippen molar-refractivity contribution in [1.82, 2.24) is 9.80 Å². The molecule has 142 valence electrons. The average Bonchev–Trinajstić information content (AvgIpc) is 2.66. The topological polar surface area (TPSA) is 32.5 Å². The van der Waals surface area contributed by atoms with Gasteiger partial charge in [0, 0.05) is 38.8 Å². The van der Waals surface area contributed by atoms with Crippen LogP contribution in [0.25, 0.3) is 0 Å². The van der Waals surface area contributed by atoms with Crippen LogP contribution in [0.1, 0.15) is 69.9 Å². The molecular weight excluding hydrogens is 306 g/mol. The predicted molar refractivity (Wildman–Crippen MR) is 109 cm³/mol. The van der Waals surface area contributed by atoms with Crippen molar-refractivity contribution >= 4 is 0 Å². The zero-order valence-corrected chi connectivity index (χ0v) is 16.3. The van der Waals surface area contributed by atoms with Crippen molar-refractivity contribution in [3.05, 3.63) is 35.9 Å². The Bertz CT molecular complexity index is 426. The van der Waals surface area contributed by atoms with E-state index in [1.807, 2.05) is 0 Å². The van der Waals surface area contributed by atoms with Gasteiger partial charge in [-0.25, -0.2) is 0 Å². The van der Waals surface area contributed by atoms with E-state index in [0.717, 1.165) is 19.6 Å². The third kappa shape index (κ3) is 8.35. The largest absolute Gasteiger partial charge is 0.323 e. The molecule has 1 fully saturated rings. The highest BCUT2D eigenvalue weighted by molar-refractivity contribution is 5.18. The fraction of sp³-hybridized carbons (Fsp3) is 0.727. The zero-order chi connectivity index (χ0) is 17.7. The molecule has 1 atom stereocenters. The molecule has 0 amide bonds. The van der Waals surface area contributed by atoms with Crippen LogP contribution in [0.15, 0.2) is 30.3 Å². The maximum absolute atomic E-state index is 6.36. The van der Waals surface area contributed by atoms with Gasteiger partial charge in [-0.1, -0.05) is 82.2 Å². The molecule has 2 N–H and O–H groups in total. The zero-order valence-electron chi connectivity index (χ0n) is 16.3. The second-order valence-corrected chi connectivity index (χ2v) is 7.63. The quantitative estimate of drug-likeness (QED) is 0.568. The van der Waals surface area contributed by atoms with E-state index in [0.29, 0.717) is 0 Å². The summed E-state index contributed by atoms with van der Waals surface area (Å²) in [5, 5.41) is 0. The Morgan fingerprint density at radius 2 is 1.36 bits per heavy atom. The number of hydrogen-bond acceptors (Lipinski definition) is 3. The number of nitrogens with zero attached hydrogens (tertiary/aromatic N) is 2. The molecule has 0 aromatic heterocycles. The highest BCUT2D eigenvalue weighted by Gasteiger charge is 2.18. The Morgan fingerprint density at radius 3 is 2.00 bits per heavy atom. The molecule has 0 radical (unpaired) electrons. The minimum Gasteiger partial charge on any atom is -0.323 e. The molecule has 25 heavy (non-hydrogen) atoms. The van der Waals surface area contributed by atoms with Crippen LogP contribution < -0.4 is 5.73 Å². The molecule has 1 saturated heterocycles. The summed E-state index contributed by atoms with van der Waals surface area (Å²) in [6, 6.07) is 10.6. The van der Waals surface area contributed by atoms with E-state index in [2.05, 4.69) is 47.1 Å². The summed E-state index contributed by atoms with van der Waals surface area (Å²) in [6.45, 7) is 9.30. The van der Waals surface area contributed by atoms with Gasteiger partial charge in [-0.3, -0.25) is 4.90 Å². The summed E-state index contributed by atoms with van der Waals surface area (Å²) in [5.74, 6) is 0. The lowest BCUT2D eigenvalue weighted by atomic mass is 10.1. The van der Waals surface area contributed by atoms with Crippen molar-refractivity contribution in [3.8, 4) is 0 Å². The highest BCUT2D eigenvalue weighted by atomic mass is 15.3. The molecule has 2 rings (SSSR count). The van der Waals surface area contributed by atoms with E-state index in [-0.39, 0.29) is 6.04 Å². The van der Waals surface area contributed by atoms with Crippen LogP contribution in [-0.4, -0.2) is 49.1 Å². The van der Waals surface area contributed by atoms with Crippen molar-refractivity contribution in [2.45, 2.75) is 64.3 Å². The van der Waals surface area contributed by atoms with E-state index in [1.165, 1.54) is 76.6 Å². The fourth-order valence-electron chi connectivity index (χ4n) is 3.75. The smallest absolute Gasteiger partial charge is 0.0424 e. The molecule has 0 spiro atoms.